The third-order valence-electron chi connectivity index (χ3n) is 5.06. The van der Waals surface area contributed by atoms with Crippen LogP contribution in [0, 0.1) is 6.92 Å². The van der Waals surface area contributed by atoms with Gasteiger partial charge in [-0.05, 0) is 37.1 Å². The fourth-order valence-electron chi connectivity index (χ4n) is 3.55. The number of furan rings is 1. The molecule has 32 heavy (non-hydrogen) atoms. The van der Waals surface area contributed by atoms with Crippen LogP contribution in [0.15, 0.2) is 63.7 Å². The summed E-state index contributed by atoms with van der Waals surface area (Å²) in [5, 5.41) is 7.28. The quantitative estimate of drug-likeness (QED) is 0.404. The summed E-state index contributed by atoms with van der Waals surface area (Å²) in [7, 11) is 0. The van der Waals surface area contributed by atoms with E-state index in [1.807, 2.05) is 30.3 Å². The molecule has 1 unspecified atom stereocenters. The van der Waals surface area contributed by atoms with E-state index in [0.29, 0.717) is 22.5 Å². The second-order valence-electron chi connectivity index (χ2n) is 7.38. The van der Waals surface area contributed by atoms with Crippen molar-refractivity contribution in [1.82, 2.24) is 15.5 Å². The Hall–Kier alpha value is -3.94. The lowest BCUT2D eigenvalue weighted by molar-refractivity contribution is -0.125. The molecule has 164 valence electrons. The largest absolute Gasteiger partial charge is 0.463 e. The summed E-state index contributed by atoms with van der Waals surface area (Å²) in [5.41, 5.74) is 2.32. The lowest BCUT2D eigenvalue weighted by Gasteiger charge is -2.18. The molecule has 0 aliphatic rings. The molecule has 8 heteroatoms. The van der Waals surface area contributed by atoms with Crippen LogP contribution in [-0.2, 0) is 9.53 Å². The zero-order valence-electron chi connectivity index (χ0n) is 17.8. The third kappa shape index (κ3) is 4.54. The molecule has 4 rings (SSSR count). The summed E-state index contributed by atoms with van der Waals surface area (Å²) in [6.07, 6.45) is 3.19. The first-order valence-electron chi connectivity index (χ1n) is 10.4. The van der Waals surface area contributed by atoms with Crippen molar-refractivity contribution in [2.45, 2.75) is 32.7 Å². The Labute approximate surface area is 184 Å². The molecule has 0 fully saturated rings. The Morgan fingerprint density at radius 2 is 1.97 bits per heavy atom. The number of esters is 1. The van der Waals surface area contributed by atoms with Crippen molar-refractivity contribution in [3.05, 3.63) is 71.6 Å². The van der Waals surface area contributed by atoms with Crippen molar-refractivity contribution in [3.63, 3.8) is 0 Å². The fraction of sp³-hybridized carbons (Fsp3) is 0.250. The fourth-order valence-corrected chi connectivity index (χ4v) is 3.55. The number of hydrogen-bond donors (Lipinski definition) is 1. The maximum absolute atomic E-state index is 12.9. The van der Waals surface area contributed by atoms with Crippen LogP contribution in [0.2, 0.25) is 0 Å². The van der Waals surface area contributed by atoms with Gasteiger partial charge in [-0.25, -0.2) is 9.78 Å². The Bertz CT molecular complexity index is 1220. The highest BCUT2D eigenvalue weighted by atomic mass is 16.5. The van der Waals surface area contributed by atoms with E-state index in [1.54, 1.807) is 25.1 Å². The maximum Gasteiger partial charge on any atom is 0.339 e. The second-order valence-corrected chi connectivity index (χ2v) is 7.38. The highest BCUT2D eigenvalue weighted by Gasteiger charge is 2.22. The van der Waals surface area contributed by atoms with Gasteiger partial charge in [-0.2, -0.15) is 0 Å². The Morgan fingerprint density at radius 1 is 1.16 bits per heavy atom. The lowest BCUT2D eigenvalue weighted by atomic mass is 10.0. The van der Waals surface area contributed by atoms with Crippen molar-refractivity contribution >= 4 is 23.0 Å². The maximum atomic E-state index is 12.9. The summed E-state index contributed by atoms with van der Waals surface area (Å²) >= 11 is 0. The number of amides is 1. The average Bonchev–Trinajstić information content (AvgIpc) is 3.48. The Kier molecular flexibility index (Phi) is 6.30. The van der Waals surface area contributed by atoms with E-state index < -0.39 is 12.6 Å². The van der Waals surface area contributed by atoms with Crippen LogP contribution in [0.4, 0.5) is 0 Å². The summed E-state index contributed by atoms with van der Waals surface area (Å²) in [6, 6.07) is 14.5. The SMILES string of the molecule is CCCC(NC(=O)COC(=O)c1cc(-c2ccco2)nc2onc(C)c12)c1ccccc1. The molecule has 3 heterocycles. The first kappa shape index (κ1) is 21.3. The molecule has 8 nitrogen and oxygen atoms in total. The molecule has 1 amide bonds. The molecule has 4 aromatic rings. The monoisotopic (exact) mass is 433 g/mol. The van der Waals surface area contributed by atoms with Crippen molar-refractivity contribution in [1.29, 1.82) is 0 Å². The molecule has 0 aliphatic carbocycles. The van der Waals surface area contributed by atoms with Crippen molar-refractivity contribution in [2.75, 3.05) is 6.61 Å². The van der Waals surface area contributed by atoms with E-state index in [1.165, 1.54) is 6.26 Å². The minimum atomic E-state index is -0.668. The minimum Gasteiger partial charge on any atom is -0.463 e. The van der Waals surface area contributed by atoms with Crippen LogP contribution in [0.1, 0.15) is 47.4 Å². The predicted octanol–water partition coefficient (Wildman–Crippen LogP) is 4.61. The number of ether oxygens (including phenoxy) is 1. The number of carbonyl (C=O) groups is 2. The van der Waals surface area contributed by atoms with Gasteiger partial charge in [0.1, 0.15) is 5.69 Å². The number of fused-ring (bicyclic) bond motifs is 1. The average molecular weight is 433 g/mol. The normalized spacial score (nSPS) is 11.9. The molecule has 0 spiro atoms. The predicted molar refractivity (Wildman–Crippen MR) is 117 cm³/mol. The number of hydrogen-bond acceptors (Lipinski definition) is 7. The summed E-state index contributed by atoms with van der Waals surface area (Å²) < 4.78 is 15.9. The second kappa shape index (κ2) is 9.47. The van der Waals surface area contributed by atoms with E-state index in [4.69, 9.17) is 13.7 Å². The van der Waals surface area contributed by atoms with Crippen LogP contribution in [-0.4, -0.2) is 28.6 Å². The van der Waals surface area contributed by atoms with Crippen molar-refractivity contribution < 1.29 is 23.3 Å². The number of carbonyl (C=O) groups excluding carboxylic acids is 2. The van der Waals surface area contributed by atoms with Gasteiger partial charge >= 0.3 is 5.97 Å². The molecular formula is C24H23N3O5. The number of aryl methyl sites for hydroxylation is 1. The Morgan fingerprint density at radius 3 is 2.69 bits per heavy atom. The summed E-state index contributed by atoms with van der Waals surface area (Å²) in [5.74, 6) is -0.573. The molecule has 0 radical (unpaired) electrons. The van der Waals surface area contributed by atoms with Crippen molar-refractivity contribution in [2.24, 2.45) is 0 Å². The van der Waals surface area contributed by atoms with Crippen LogP contribution in [0.25, 0.3) is 22.6 Å². The van der Waals surface area contributed by atoms with Gasteiger partial charge in [0, 0.05) is 0 Å². The first-order valence-corrected chi connectivity index (χ1v) is 10.4. The molecule has 0 bridgehead atoms. The van der Waals surface area contributed by atoms with Gasteiger partial charge in [0.25, 0.3) is 11.6 Å². The molecular weight excluding hydrogens is 410 g/mol. The highest BCUT2D eigenvalue weighted by Crippen LogP contribution is 2.27. The number of rotatable bonds is 8. The molecule has 0 aliphatic heterocycles. The highest BCUT2D eigenvalue weighted by molar-refractivity contribution is 6.04. The number of pyridine rings is 1. The third-order valence-corrected chi connectivity index (χ3v) is 5.06. The van der Waals surface area contributed by atoms with Crippen LogP contribution < -0.4 is 5.32 Å². The Balaban J connectivity index is 1.50. The molecule has 1 aromatic carbocycles. The lowest BCUT2D eigenvalue weighted by Crippen LogP contribution is -2.32. The first-order chi connectivity index (χ1) is 15.6. The van der Waals surface area contributed by atoms with Gasteiger partial charge < -0.3 is 19.0 Å². The summed E-state index contributed by atoms with van der Waals surface area (Å²) in [4.78, 5) is 29.8. The molecule has 0 saturated carbocycles. The molecule has 0 saturated heterocycles. The summed E-state index contributed by atoms with van der Waals surface area (Å²) in [6.45, 7) is 3.35. The zero-order valence-corrected chi connectivity index (χ0v) is 17.8. The zero-order chi connectivity index (χ0) is 22.5. The number of nitrogens with one attached hydrogen (secondary N) is 1. The minimum absolute atomic E-state index is 0.147. The van der Waals surface area contributed by atoms with Gasteiger partial charge in [0.05, 0.1) is 28.9 Å². The van der Waals surface area contributed by atoms with Crippen molar-refractivity contribution in [3.8, 4) is 11.5 Å². The van der Waals surface area contributed by atoms with E-state index in [-0.39, 0.29) is 23.2 Å². The van der Waals surface area contributed by atoms with Gasteiger partial charge in [-0.15, -0.1) is 0 Å². The van der Waals surface area contributed by atoms with Gasteiger partial charge in [0.15, 0.2) is 12.4 Å². The van der Waals surface area contributed by atoms with E-state index in [9.17, 15) is 9.59 Å². The number of aromatic nitrogens is 2. The van der Waals surface area contributed by atoms with E-state index in [0.717, 1.165) is 18.4 Å². The number of nitrogens with zero attached hydrogens (tertiary/aromatic N) is 2. The van der Waals surface area contributed by atoms with Gasteiger partial charge in [0.2, 0.25) is 0 Å². The van der Waals surface area contributed by atoms with Gasteiger partial charge in [-0.3, -0.25) is 4.79 Å². The smallest absolute Gasteiger partial charge is 0.339 e. The standard InChI is InChI=1S/C24H23N3O5/c1-3-8-18(16-9-5-4-6-10-16)25-21(28)14-31-24(29)17-13-19(20-11-7-12-30-20)26-23-22(17)15(2)27-32-23/h4-7,9-13,18H,3,8,14H2,1-2H3,(H,25,28). The van der Waals surface area contributed by atoms with E-state index >= 15 is 0 Å². The molecule has 1 N–H and O–H groups in total. The topological polar surface area (TPSA) is 107 Å². The van der Waals surface area contributed by atoms with E-state index in [2.05, 4.69) is 22.4 Å². The molecule has 3 aromatic heterocycles. The molecule has 1 atom stereocenters. The van der Waals surface area contributed by atoms with Gasteiger partial charge in [-0.1, -0.05) is 48.8 Å². The van der Waals surface area contributed by atoms with Crippen LogP contribution >= 0.6 is 0 Å². The number of benzene rings is 1. The van der Waals surface area contributed by atoms with Crippen LogP contribution in [0.5, 0.6) is 0 Å². The van der Waals surface area contributed by atoms with Crippen LogP contribution in [0.3, 0.4) is 0 Å².